The van der Waals surface area contributed by atoms with Gasteiger partial charge < -0.3 is 15.1 Å². The summed E-state index contributed by atoms with van der Waals surface area (Å²) in [4.78, 5) is 16.6. The molecule has 1 aromatic heterocycles. The third-order valence-corrected chi connectivity index (χ3v) is 4.24. The second-order valence-corrected chi connectivity index (χ2v) is 6.08. The molecule has 3 rings (SSSR count). The van der Waals surface area contributed by atoms with Gasteiger partial charge in [0.15, 0.2) is 0 Å². The highest BCUT2D eigenvalue weighted by molar-refractivity contribution is 5.85. The second kappa shape index (κ2) is 8.85. The Morgan fingerprint density at radius 2 is 2.00 bits per heavy atom. The number of carbonyl (C=O) groups excluding carboxylic acids is 1. The Bertz CT molecular complexity index is 649. The van der Waals surface area contributed by atoms with Crippen molar-refractivity contribution < 1.29 is 9.21 Å². The van der Waals surface area contributed by atoms with E-state index in [2.05, 4.69) is 22.5 Å². The number of carbonyl (C=O) groups is 1. The van der Waals surface area contributed by atoms with E-state index in [1.54, 1.807) is 6.26 Å². The van der Waals surface area contributed by atoms with Gasteiger partial charge in [0.25, 0.3) is 0 Å². The predicted molar refractivity (Wildman–Crippen MR) is 96.2 cm³/mol. The summed E-state index contributed by atoms with van der Waals surface area (Å²) in [5, 5.41) is 6.28. The van der Waals surface area contributed by atoms with Crippen LogP contribution in [-0.2, 0) is 11.2 Å². The smallest absolute Gasteiger partial charge is 0.226 e. The number of benzene rings is 1. The van der Waals surface area contributed by atoms with Crippen molar-refractivity contribution in [1.82, 2.24) is 15.6 Å². The summed E-state index contributed by atoms with van der Waals surface area (Å²) in [6.45, 7) is 4.51. The molecule has 1 aromatic carbocycles. The molecule has 2 heterocycles. The van der Waals surface area contributed by atoms with Crippen molar-refractivity contribution in [3.05, 3.63) is 41.8 Å². The second-order valence-electron chi connectivity index (χ2n) is 6.08. The highest BCUT2D eigenvalue weighted by atomic mass is 35.5. The van der Waals surface area contributed by atoms with Crippen LogP contribution in [0, 0.1) is 12.8 Å². The molecule has 0 spiro atoms. The summed E-state index contributed by atoms with van der Waals surface area (Å²) < 4.78 is 5.53. The molecule has 2 aromatic rings. The van der Waals surface area contributed by atoms with Crippen LogP contribution < -0.4 is 10.6 Å². The summed E-state index contributed by atoms with van der Waals surface area (Å²) >= 11 is 0. The van der Waals surface area contributed by atoms with Crippen molar-refractivity contribution in [2.24, 2.45) is 5.92 Å². The number of hydrogen-bond acceptors (Lipinski definition) is 4. The number of piperidine rings is 1. The number of nitrogens with one attached hydrogen (secondary N) is 2. The van der Waals surface area contributed by atoms with E-state index in [1.165, 1.54) is 5.56 Å². The van der Waals surface area contributed by atoms with Crippen LogP contribution >= 0.6 is 12.4 Å². The van der Waals surface area contributed by atoms with E-state index in [9.17, 15) is 4.79 Å². The standard InChI is InChI=1S/C18H23N3O2.ClH/c1-13-2-4-15(5-3-13)18-21-16(12-23-18)8-11-20-17(22)14-6-9-19-10-7-14;/h2-5,12,14,19H,6-11H2,1H3,(H,20,22);1H. The van der Waals surface area contributed by atoms with Gasteiger partial charge in [-0.2, -0.15) is 0 Å². The molecule has 1 amide bonds. The van der Waals surface area contributed by atoms with Gasteiger partial charge in [-0.05, 0) is 45.0 Å². The summed E-state index contributed by atoms with van der Waals surface area (Å²) in [7, 11) is 0. The molecule has 1 aliphatic heterocycles. The van der Waals surface area contributed by atoms with Gasteiger partial charge in [0.2, 0.25) is 11.8 Å². The lowest BCUT2D eigenvalue weighted by Crippen LogP contribution is -2.38. The normalized spacial score (nSPS) is 14.9. The molecule has 5 nitrogen and oxygen atoms in total. The van der Waals surface area contributed by atoms with Crippen LogP contribution in [-0.4, -0.2) is 30.5 Å². The SMILES string of the molecule is Cc1ccc(-c2nc(CCNC(=O)C3CCNCC3)co2)cc1.Cl. The Morgan fingerprint density at radius 3 is 2.71 bits per heavy atom. The Balaban J connectivity index is 0.00000208. The maximum atomic E-state index is 12.1. The molecular weight excluding hydrogens is 326 g/mol. The molecular formula is C18H24ClN3O2. The quantitative estimate of drug-likeness (QED) is 0.871. The molecule has 1 aliphatic rings. The zero-order valence-corrected chi connectivity index (χ0v) is 14.7. The van der Waals surface area contributed by atoms with E-state index >= 15 is 0 Å². The molecule has 130 valence electrons. The van der Waals surface area contributed by atoms with E-state index in [4.69, 9.17) is 4.42 Å². The first-order valence-corrected chi connectivity index (χ1v) is 8.22. The van der Waals surface area contributed by atoms with Crippen LogP contribution in [0.15, 0.2) is 34.9 Å². The largest absolute Gasteiger partial charge is 0.444 e. The third kappa shape index (κ3) is 4.82. The first-order valence-electron chi connectivity index (χ1n) is 8.22. The van der Waals surface area contributed by atoms with Crippen molar-refractivity contribution in [2.45, 2.75) is 26.2 Å². The molecule has 6 heteroatoms. The van der Waals surface area contributed by atoms with Crippen LogP contribution in [0.1, 0.15) is 24.1 Å². The number of halogens is 1. The van der Waals surface area contributed by atoms with E-state index < -0.39 is 0 Å². The predicted octanol–water partition coefficient (Wildman–Crippen LogP) is 2.73. The number of oxazole rings is 1. The van der Waals surface area contributed by atoms with Gasteiger partial charge in [-0.3, -0.25) is 4.79 Å². The van der Waals surface area contributed by atoms with Crippen LogP contribution in [0.2, 0.25) is 0 Å². The number of aryl methyl sites for hydroxylation is 1. The van der Waals surface area contributed by atoms with Crippen LogP contribution in [0.5, 0.6) is 0 Å². The van der Waals surface area contributed by atoms with Crippen LogP contribution in [0.3, 0.4) is 0 Å². The molecule has 0 bridgehead atoms. The summed E-state index contributed by atoms with van der Waals surface area (Å²) in [5.41, 5.74) is 3.05. The molecule has 24 heavy (non-hydrogen) atoms. The van der Waals surface area contributed by atoms with Gasteiger partial charge in [0, 0.05) is 24.4 Å². The minimum absolute atomic E-state index is 0. The first kappa shape index (κ1) is 18.5. The number of nitrogens with zero attached hydrogens (tertiary/aromatic N) is 1. The zero-order chi connectivity index (χ0) is 16.1. The number of amides is 1. The minimum atomic E-state index is 0. The fraction of sp³-hybridized carbons (Fsp3) is 0.444. The van der Waals surface area contributed by atoms with E-state index in [0.717, 1.165) is 37.2 Å². The summed E-state index contributed by atoms with van der Waals surface area (Å²) in [6.07, 6.45) is 4.21. The van der Waals surface area contributed by atoms with Gasteiger partial charge in [0.05, 0.1) is 5.69 Å². The van der Waals surface area contributed by atoms with E-state index in [0.29, 0.717) is 18.9 Å². The molecule has 0 atom stereocenters. The first-order chi connectivity index (χ1) is 11.2. The van der Waals surface area contributed by atoms with Crippen LogP contribution in [0.25, 0.3) is 11.5 Å². The highest BCUT2D eigenvalue weighted by Gasteiger charge is 2.20. The average Bonchev–Trinajstić information content (AvgIpc) is 3.05. The van der Waals surface area contributed by atoms with Gasteiger partial charge in [-0.25, -0.2) is 4.98 Å². The summed E-state index contributed by atoms with van der Waals surface area (Å²) in [5.74, 6) is 0.940. The minimum Gasteiger partial charge on any atom is -0.444 e. The average molecular weight is 350 g/mol. The lowest BCUT2D eigenvalue weighted by atomic mass is 9.97. The third-order valence-electron chi connectivity index (χ3n) is 4.24. The van der Waals surface area contributed by atoms with Crippen molar-refractivity contribution in [1.29, 1.82) is 0 Å². The lowest BCUT2D eigenvalue weighted by Gasteiger charge is -2.21. The molecule has 1 saturated heterocycles. The molecule has 2 N–H and O–H groups in total. The maximum absolute atomic E-state index is 12.1. The van der Waals surface area contributed by atoms with E-state index in [1.807, 2.05) is 24.3 Å². The Hall–Kier alpha value is -1.85. The number of rotatable bonds is 5. The fourth-order valence-electron chi connectivity index (χ4n) is 2.79. The number of hydrogen-bond donors (Lipinski definition) is 2. The van der Waals surface area contributed by atoms with Gasteiger partial charge in [-0.15, -0.1) is 12.4 Å². The van der Waals surface area contributed by atoms with Crippen molar-refractivity contribution in [3.8, 4) is 11.5 Å². The topological polar surface area (TPSA) is 67.2 Å². The molecule has 1 fully saturated rings. The fourth-order valence-corrected chi connectivity index (χ4v) is 2.79. The molecule has 0 saturated carbocycles. The van der Waals surface area contributed by atoms with Gasteiger partial charge >= 0.3 is 0 Å². The highest BCUT2D eigenvalue weighted by Crippen LogP contribution is 2.19. The Labute approximate surface area is 148 Å². The van der Waals surface area contributed by atoms with E-state index in [-0.39, 0.29) is 24.2 Å². The Morgan fingerprint density at radius 1 is 1.29 bits per heavy atom. The molecule has 0 radical (unpaired) electrons. The van der Waals surface area contributed by atoms with Crippen molar-refractivity contribution >= 4 is 18.3 Å². The van der Waals surface area contributed by atoms with Gasteiger partial charge in [-0.1, -0.05) is 17.7 Å². The molecule has 0 unspecified atom stereocenters. The van der Waals surface area contributed by atoms with Crippen molar-refractivity contribution in [3.63, 3.8) is 0 Å². The van der Waals surface area contributed by atoms with Gasteiger partial charge in [0.1, 0.15) is 6.26 Å². The maximum Gasteiger partial charge on any atom is 0.226 e. The molecule has 0 aliphatic carbocycles. The lowest BCUT2D eigenvalue weighted by molar-refractivity contribution is -0.125. The monoisotopic (exact) mass is 349 g/mol. The van der Waals surface area contributed by atoms with Crippen molar-refractivity contribution in [2.75, 3.05) is 19.6 Å². The zero-order valence-electron chi connectivity index (χ0n) is 13.9. The van der Waals surface area contributed by atoms with Crippen LogP contribution in [0.4, 0.5) is 0 Å². The number of aromatic nitrogens is 1. The summed E-state index contributed by atoms with van der Waals surface area (Å²) in [6, 6.07) is 8.09. The Kier molecular flexibility index (Phi) is 6.82.